The van der Waals surface area contributed by atoms with Gasteiger partial charge in [-0.1, -0.05) is 48.5 Å². The van der Waals surface area contributed by atoms with Crippen LogP contribution < -0.4 is 5.32 Å². The third-order valence-electron chi connectivity index (χ3n) is 4.24. The first kappa shape index (κ1) is 17.2. The molecule has 0 atom stereocenters. The van der Waals surface area contributed by atoms with Crippen molar-refractivity contribution in [1.82, 2.24) is 4.98 Å². The molecular weight excluding hydrogens is 364 g/mol. The highest BCUT2D eigenvalue weighted by Crippen LogP contribution is 2.31. The number of carbonyl (C=O) groups is 1. The van der Waals surface area contributed by atoms with Gasteiger partial charge in [0.1, 0.15) is 11.5 Å². The van der Waals surface area contributed by atoms with Crippen LogP contribution in [0.15, 0.2) is 72.6 Å². The molecule has 4 rings (SSSR count). The molecule has 27 heavy (non-hydrogen) atoms. The van der Waals surface area contributed by atoms with Crippen LogP contribution in [-0.4, -0.2) is 31.7 Å². The van der Waals surface area contributed by atoms with Crippen LogP contribution in [0.5, 0.6) is 0 Å². The van der Waals surface area contributed by atoms with Crippen molar-refractivity contribution in [1.29, 1.82) is 0 Å². The molecule has 0 fully saturated rings. The molecule has 1 amide bonds. The van der Waals surface area contributed by atoms with Gasteiger partial charge in [-0.25, -0.2) is 8.42 Å². The Bertz CT molecular complexity index is 1150. The van der Waals surface area contributed by atoms with Crippen LogP contribution in [0.4, 0.5) is 5.69 Å². The number of pyridine rings is 1. The van der Waals surface area contributed by atoms with Gasteiger partial charge in [-0.2, -0.15) is 0 Å². The molecule has 0 unspecified atom stereocenters. The summed E-state index contributed by atoms with van der Waals surface area (Å²) in [5.74, 6) is -0.972. The maximum absolute atomic E-state index is 12.9. The van der Waals surface area contributed by atoms with Crippen LogP contribution in [0.2, 0.25) is 0 Å². The highest BCUT2D eigenvalue weighted by atomic mass is 32.2. The molecule has 0 saturated heterocycles. The minimum atomic E-state index is -3.63. The second-order valence-electron chi connectivity index (χ2n) is 6.03. The summed E-state index contributed by atoms with van der Waals surface area (Å²) < 4.78 is 30.8. The van der Waals surface area contributed by atoms with Crippen LogP contribution in [0.1, 0.15) is 5.56 Å². The predicted octanol–water partition coefficient (Wildman–Crippen LogP) is 2.99. The first-order valence-corrected chi connectivity index (χ1v) is 10.0. The van der Waals surface area contributed by atoms with E-state index in [4.69, 9.17) is 4.74 Å². The number of para-hydroxylation sites is 1. The number of sulfone groups is 1. The van der Waals surface area contributed by atoms with Gasteiger partial charge in [0.15, 0.2) is 9.84 Å². The second-order valence-corrected chi connectivity index (χ2v) is 8.07. The van der Waals surface area contributed by atoms with E-state index in [1.165, 1.54) is 0 Å². The monoisotopic (exact) mass is 380 g/mol. The summed E-state index contributed by atoms with van der Waals surface area (Å²) in [5, 5.41) is 3.61. The molecule has 0 saturated carbocycles. The third-order valence-corrected chi connectivity index (χ3v) is 5.99. The number of ether oxygens (including phenoxy) is 1. The Hall–Kier alpha value is -3.19. The molecule has 3 aromatic rings. The van der Waals surface area contributed by atoms with E-state index in [0.29, 0.717) is 16.8 Å². The summed E-state index contributed by atoms with van der Waals surface area (Å²) in [6.07, 6.45) is 1.63. The summed E-state index contributed by atoms with van der Waals surface area (Å²) in [7, 11) is -3.63. The smallest absolute Gasteiger partial charge is 0.292 e. The molecule has 0 spiro atoms. The number of hydrogen-bond donors (Lipinski definition) is 1. The zero-order valence-corrected chi connectivity index (χ0v) is 15.1. The molecule has 136 valence electrons. The Morgan fingerprint density at radius 2 is 1.78 bits per heavy atom. The lowest BCUT2D eigenvalue weighted by molar-refractivity contribution is -0.115. The Labute approximate surface area is 156 Å². The van der Waals surface area contributed by atoms with Crippen LogP contribution in [0, 0.1) is 0 Å². The van der Waals surface area contributed by atoms with E-state index >= 15 is 0 Å². The van der Waals surface area contributed by atoms with Gasteiger partial charge in [0.05, 0.1) is 17.0 Å². The van der Waals surface area contributed by atoms with E-state index in [9.17, 15) is 13.2 Å². The molecule has 6 nitrogen and oxygen atoms in total. The topological polar surface area (TPSA) is 85.4 Å². The Morgan fingerprint density at radius 1 is 1.00 bits per heavy atom. The van der Waals surface area contributed by atoms with Crippen molar-refractivity contribution in [2.45, 2.75) is 0 Å². The SMILES string of the molecule is O=C(Nc1cccc2cccnc12)C1=C(c2ccccc2)S(=O)(=O)CCO1. The molecule has 0 bridgehead atoms. The lowest BCUT2D eigenvalue weighted by Crippen LogP contribution is -2.28. The van der Waals surface area contributed by atoms with Crippen molar-refractivity contribution >= 4 is 37.2 Å². The number of hydrogen-bond acceptors (Lipinski definition) is 5. The van der Waals surface area contributed by atoms with E-state index in [2.05, 4.69) is 10.3 Å². The van der Waals surface area contributed by atoms with E-state index in [1.807, 2.05) is 12.1 Å². The number of fused-ring (bicyclic) bond motifs is 1. The normalized spacial score (nSPS) is 16.0. The average molecular weight is 380 g/mol. The van der Waals surface area contributed by atoms with E-state index < -0.39 is 15.7 Å². The fourth-order valence-electron chi connectivity index (χ4n) is 3.02. The molecule has 1 aliphatic rings. The van der Waals surface area contributed by atoms with E-state index in [-0.39, 0.29) is 23.0 Å². The number of benzene rings is 2. The number of anilines is 1. The first-order chi connectivity index (χ1) is 13.1. The maximum Gasteiger partial charge on any atom is 0.292 e. The molecule has 0 radical (unpaired) electrons. The van der Waals surface area contributed by atoms with Crippen LogP contribution in [0.25, 0.3) is 15.8 Å². The fraction of sp³-hybridized carbons (Fsp3) is 0.100. The number of carbonyl (C=O) groups excluding carboxylic acids is 1. The Balaban J connectivity index is 1.80. The van der Waals surface area contributed by atoms with Crippen molar-refractivity contribution in [3.63, 3.8) is 0 Å². The molecule has 1 N–H and O–H groups in total. The van der Waals surface area contributed by atoms with E-state index in [1.54, 1.807) is 54.7 Å². The zero-order valence-electron chi connectivity index (χ0n) is 14.3. The summed E-state index contributed by atoms with van der Waals surface area (Å²) in [6.45, 7) is -0.0603. The first-order valence-electron chi connectivity index (χ1n) is 8.36. The van der Waals surface area contributed by atoms with Crippen molar-refractivity contribution in [3.8, 4) is 0 Å². The molecule has 2 heterocycles. The van der Waals surface area contributed by atoms with Gasteiger partial charge in [-0.05, 0) is 17.7 Å². The predicted molar refractivity (Wildman–Crippen MR) is 103 cm³/mol. The van der Waals surface area contributed by atoms with Gasteiger partial charge in [0.25, 0.3) is 5.91 Å². The highest BCUT2D eigenvalue weighted by molar-refractivity contribution is 8.00. The van der Waals surface area contributed by atoms with Crippen molar-refractivity contribution in [3.05, 3.63) is 78.2 Å². The van der Waals surface area contributed by atoms with Gasteiger partial charge in [-0.3, -0.25) is 9.78 Å². The minimum absolute atomic E-state index is 0.0603. The molecule has 0 aliphatic carbocycles. The van der Waals surface area contributed by atoms with Crippen molar-refractivity contribution in [2.75, 3.05) is 17.7 Å². The average Bonchev–Trinajstić information content (AvgIpc) is 2.68. The summed E-state index contributed by atoms with van der Waals surface area (Å²) in [5.41, 5.74) is 1.54. The zero-order chi connectivity index (χ0) is 18.9. The third kappa shape index (κ3) is 3.29. The Morgan fingerprint density at radius 3 is 2.59 bits per heavy atom. The van der Waals surface area contributed by atoms with Crippen LogP contribution in [-0.2, 0) is 19.4 Å². The lowest BCUT2D eigenvalue weighted by Gasteiger charge is -2.21. The van der Waals surface area contributed by atoms with Gasteiger partial charge >= 0.3 is 0 Å². The number of aromatic nitrogens is 1. The lowest BCUT2D eigenvalue weighted by atomic mass is 10.1. The number of amides is 1. The standard InChI is InChI=1S/C20H16N2O4S/c23-20(22-16-10-4-8-14-9-5-11-21-17(14)16)18-19(15-6-2-1-3-7-15)27(24,25)13-12-26-18/h1-11H,12-13H2,(H,22,23). The molecule has 1 aliphatic heterocycles. The number of nitrogens with zero attached hydrogens (tertiary/aromatic N) is 1. The van der Waals surface area contributed by atoms with Gasteiger partial charge in [-0.15, -0.1) is 0 Å². The van der Waals surface area contributed by atoms with Crippen LogP contribution in [0.3, 0.4) is 0 Å². The minimum Gasteiger partial charge on any atom is -0.486 e. The molecule has 7 heteroatoms. The quantitative estimate of drug-likeness (QED) is 0.755. The summed E-state index contributed by atoms with van der Waals surface area (Å²) >= 11 is 0. The number of rotatable bonds is 3. The van der Waals surface area contributed by atoms with Gasteiger partial charge < -0.3 is 10.1 Å². The molecular formula is C20H16N2O4S. The van der Waals surface area contributed by atoms with Crippen LogP contribution >= 0.6 is 0 Å². The number of nitrogens with one attached hydrogen (secondary N) is 1. The van der Waals surface area contributed by atoms with E-state index in [0.717, 1.165) is 5.39 Å². The van der Waals surface area contributed by atoms with Crippen molar-refractivity contribution in [2.24, 2.45) is 0 Å². The summed E-state index contributed by atoms with van der Waals surface area (Å²) in [6, 6.07) is 17.6. The maximum atomic E-state index is 12.9. The largest absolute Gasteiger partial charge is 0.486 e. The van der Waals surface area contributed by atoms with Crippen molar-refractivity contribution < 1.29 is 17.9 Å². The van der Waals surface area contributed by atoms with Gasteiger partial charge in [0.2, 0.25) is 5.76 Å². The molecule has 1 aromatic heterocycles. The summed E-state index contributed by atoms with van der Waals surface area (Å²) in [4.78, 5) is 17.1. The van der Waals surface area contributed by atoms with Gasteiger partial charge in [0, 0.05) is 11.6 Å². The second kappa shape index (κ2) is 6.85. The fourth-order valence-corrected chi connectivity index (χ4v) is 4.45. The molecule has 2 aromatic carbocycles. The highest BCUT2D eigenvalue weighted by Gasteiger charge is 2.33. The Kier molecular flexibility index (Phi) is 4.37.